The Labute approximate surface area is 154 Å². The van der Waals surface area contributed by atoms with Crippen molar-refractivity contribution >= 4 is 13.9 Å². The molecule has 2 rings (SSSR count). The fraction of sp³-hybridized carbons (Fsp3) is 0.522. The Hall–Kier alpha value is -1.59. The number of carbonyl (C=O) groups is 1. The van der Waals surface area contributed by atoms with Crippen LogP contribution in [0.3, 0.4) is 0 Å². The summed E-state index contributed by atoms with van der Waals surface area (Å²) in [5.41, 5.74) is 1.38. The molecule has 1 saturated carbocycles. The summed E-state index contributed by atoms with van der Waals surface area (Å²) in [6, 6.07) is 11.9. The molecule has 1 nitrogen and oxygen atoms in total. The largest absolute Gasteiger partial charge is 0.299 e. The van der Waals surface area contributed by atoms with Gasteiger partial charge in [0.1, 0.15) is 5.78 Å². The van der Waals surface area contributed by atoms with E-state index >= 15 is 0 Å². The maximum Gasteiger partial charge on any atom is 0.137 e. The molecule has 0 bridgehead atoms. The molecule has 1 aliphatic carbocycles. The number of ketones is 1. The number of carbonyl (C=O) groups excluding carboxylic acids is 1. The number of hydrogen-bond donors (Lipinski definition) is 0. The Morgan fingerprint density at radius 2 is 1.92 bits per heavy atom. The van der Waals surface area contributed by atoms with Gasteiger partial charge in [-0.3, -0.25) is 4.79 Å². The van der Waals surface area contributed by atoms with E-state index in [1.54, 1.807) is 0 Å². The maximum absolute atomic E-state index is 12.6. The maximum atomic E-state index is 12.6. The van der Waals surface area contributed by atoms with Crippen molar-refractivity contribution in [3.63, 3.8) is 0 Å². The van der Waals surface area contributed by atoms with Crippen LogP contribution >= 0.6 is 0 Å². The molecule has 0 radical (unpaired) electrons. The number of benzene rings is 1. The van der Waals surface area contributed by atoms with Gasteiger partial charge in [0.2, 0.25) is 0 Å². The molecular formula is C23H32OSi. The normalized spacial score (nSPS) is 24.2. The SMILES string of the molecule is CC#CC[C@H]1C(=O)CC[C@@H](Cc2ccccc2)[C@@H]1/C=C/C[Si](C)(C)C. The summed E-state index contributed by atoms with van der Waals surface area (Å²) in [5.74, 6) is 7.52. The van der Waals surface area contributed by atoms with E-state index in [1.165, 1.54) is 11.6 Å². The molecule has 2 heteroatoms. The highest BCUT2D eigenvalue weighted by atomic mass is 28.3. The first kappa shape index (κ1) is 19.7. The zero-order chi connectivity index (χ0) is 18.3. The second-order valence-electron chi connectivity index (χ2n) is 8.46. The van der Waals surface area contributed by atoms with E-state index in [9.17, 15) is 4.79 Å². The minimum atomic E-state index is -1.10. The molecule has 3 atom stereocenters. The van der Waals surface area contributed by atoms with Crippen molar-refractivity contribution in [2.45, 2.75) is 58.3 Å². The lowest BCUT2D eigenvalue weighted by molar-refractivity contribution is -0.127. The minimum absolute atomic E-state index is 0.0767. The average Bonchev–Trinajstić information content (AvgIpc) is 2.56. The molecule has 1 aliphatic rings. The second-order valence-corrected chi connectivity index (χ2v) is 14.0. The van der Waals surface area contributed by atoms with Crippen molar-refractivity contribution in [1.29, 1.82) is 0 Å². The van der Waals surface area contributed by atoms with E-state index in [2.05, 4.69) is 74.0 Å². The third kappa shape index (κ3) is 6.33. The van der Waals surface area contributed by atoms with Crippen LogP contribution in [0.25, 0.3) is 0 Å². The predicted molar refractivity (Wildman–Crippen MR) is 110 cm³/mol. The highest BCUT2D eigenvalue weighted by molar-refractivity contribution is 6.76. The molecule has 0 aromatic heterocycles. The highest BCUT2D eigenvalue weighted by Crippen LogP contribution is 2.38. The van der Waals surface area contributed by atoms with Crippen LogP contribution in [-0.4, -0.2) is 13.9 Å². The van der Waals surface area contributed by atoms with Gasteiger partial charge in [-0.05, 0) is 43.2 Å². The van der Waals surface area contributed by atoms with E-state index in [0.29, 0.717) is 30.5 Å². The Morgan fingerprint density at radius 1 is 1.20 bits per heavy atom. The predicted octanol–water partition coefficient (Wildman–Crippen LogP) is 5.75. The second kappa shape index (κ2) is 9.20. The van der Waals surface area contributed by atoms with Gasteiger partial charge < -0.3 is 0 Å². The van der Waals surface area contributed by atoms with Crippen molar-refractivity contribution in [2.75, 3.05) is 0 Å². The molecule has 0 aliphatic heterocycles. The van der Waals surface area contributed by atoms with Crippen molar-refractivity contribution in [1.82, 2.24) is 0 Å². The third-order valence-corrected chi connectivity index (χ3v) is 6.57. The first-order valence-corrected chi connectivity index (χ1v) is 13.2. The molecule has 1 aromatic carbocycles. The van der Waals surface area contributed by atoms with Gasteiger partial charge in [-0.2, -0.15) is 0 Å². The Kier molecular flexibility index (Phi) is 7.26. The van der Waals surface area contributed by atoms with Crippen LogP contribution in [0.15, 0.2) is 42.5 Å². The van der Waals surface area contributed by atoms with Crippen molar-refractivity contribution < 1.29 is 4.79 Å². The van der Waals surface area contributed by atoms with Crippen LogP contribution in [0.2, 0.25) is 25.7 Å². The summed E-state index contributed by atoms with van der Waals surface area (Å²) >= 11 is 0. The monoisotopic (exact) mass is 352 g/mol. The topological polar surface area (TPSA) is 17.1 Å². The van der Waals surface area contributed by atoms with Gasteiger partial charge in [0, 0.05) is 26.8 Å². The van der Waals surface area contributed by atoms with Crippen LogP contribution in [-0.2, 0) is 11.2 Å². The van der Waals surface area contributed by atoms with E-state index in [0.717, 1.165) is 12.8 Å². The van der Waals surface area contributed by atoms with Gasteiger partial charge in [0.25, 0.3) is 0 Å². The van der Waals surface area contributed by atoms with Gasteiger partial charge in [0.15, 0.2) is 0 Å². The molecule has 1 aromatic rings. The first-order chi connectivity index (χ1) is 11.9. The molecule has 25 heavy (non-hydrogen) atoms. The summed E-state index contributed by atoms with van der Waals surface area (Å²) in [5, 5.41) is 0. The molecule has 0 amide bonds. The molecule has 134 valence electrons. The Morgan fingerprint density at radius 3 is 2.56 bits per heavy atom. The van der Waals surface area contributed by atoms with Crippen LogP contribution in [0.4, 0.5) is 0 Å². The number of rotatable bonds is 6. The summed E-state index contributed by atoms with van der Waals surface area (Å²) < 4.78 is 0. The Bertz CT molecular complexity index is 642. The van der Waals surface area contributed by atoms with Crippen molar-refractivity contribution in [3.05, 3.63) is 48.0 Å². The first-order valence-electron chi connectivity index (χ1n) is 9.53. The quantitative estimate of drug-likeness (QED) is 0.362. The van der Waals surface area contributed by atoms with E-state index < -0.39 is 8.07 Å². The summed E-state index contributed by atoms with van der Waals surface area (Å²) in [7, 11) is -1.10. The van der Waals surface area contributed by atoms with E-state index in [1.807, 2.05) is 6.92 Å². The summed E-state index contributed by atoms with van der Waals surface area (Å²) in [4.78, 5) is 12.6. The molecule has 0 N–H and O–H groups in total. The number of hydrogen-bond acceptors (Lipinski definition) is 1. The molecule has 0 saturated heterocycles. The number of allylic oxidation sites excluding steroid dienone is 2. The van der Waals surface area contributed by atoms with Crippen LogP contribution in [0, 0.1) is 29.6 Å². The van der Waals surface area contributed by atoms with Crippen LogP contribution in [0.5, 0.6) is 0 Å². The molecule has 1 fully saturated rings. The van der Waals surface area contributed by atoms with Gasteiger partial charge in [-0.15, -0.1) is 11.8 Å². The lowest BCUT2D eigenvalue weighted by Crippen LogP contribution is -2.35. The lowest BCUT2D eigenvalue weighted by Gasteiger charge is -2.35. The van der Waals surface area contributed by atoms with Crippen molar-refractivity contribution in [2.24, 2.45) is 17.8 Å². The fourth-order valence-electron chi connectivity index (χ4n) is 3.74. The van der Waals surface area contributed by atoms with E-state index in [-0.39, 0.29) is 5.92 Å². The van der Waals surface area contributed by atoms with Gasteiger partial charge in [-0.1, -0.05) is 62.1 Å². The molecule has 0 heterocycles. The van der Waals surface area contributed by atoms with Crippen molar-refractivity contribution in [3.8, 4) is 11.8 Å². The summed E-state index contributed by atoms with van der Waals surface area (Å²) in [6.45, 7) is 9.05. The molecular weight excluding hydrogens is 320 g/mol. The third-order valence-electron chi connectivity index (χ3n) is 5.11. The minimum Gasteiger partial charge on any atom is -0.299 e. The highest BCUT2D eigenvalue weighted by Gasteiger charge is 2.36. The van der Waals surface area contributed by atoms with Gasteiger partial charge in [-0.25, -0.2) is 0 Å². The number of Topliss-reactive ketones (excluding diaryl/α,β-unsaturated/α-hetero) is 1. The Balaban J connectivity index is 2.21. The standard InChI is InChI=1S/C23H32OSi/c1-5-6-13-22-21(14-10-17-25(2,3)4)20(15-16-23(22)24)18-19-11-8-7-9-12-19/h7-12,14,20-22H,13,15-18H2,1-4H3/b14-10+/t20-,21-,22+/m0/s1. The van der Waals surface area contributed by atoms with Gasteiger partial charge in [0.05, 0.1) is 0 Å². The molecule has 0 spiro atoms. The smallest absolute Gasteiger partial charge is 0.137 e. The molecule has 0 unspecified atom stereocenters. The summed E-state index contributed by atoms with van der Waals surface area (Å²) in [6.07, 6.45) is 8.22. The average molecular weight is 353 g/mol. The fourth-order valence-corrected chi connectivity index (χ4v) is 4.58. The van der Waals surface area contributed by atoms with Crippen LogP contribution < -0.4 is 0 Å². The zero-order valence-electron chi connectivity index (χ0n) is 16.2. The lowest BCUT2D eigenvalue weighted by atomic mass is 9.68. The zero-order valence-corrected chi connectivity index (χ0v) is 17.2. The van der Waals surface area contributed by atoms with Crippen LogP contribution in [0.1, 0.15) is 31.7 Å². The van der Waals surface area contributed by atoms with Gasteiger partial charge >= 0.3 is 0 Å². The van der Waals surface area contributed by atoms with E-state index in [4.69, 9.17) is 0 Å².